The lowest BCUT2D eigenvalue weighted by molar-refractivity contribution is -0.137. The first-order valence-corrected chi connectivity index (χ1v) is 8.17. The Bertz CT molecular complexity index is 670. The summed E-state index contributed by atoms with van der Waals surface area (Å²) in [4.78, 5) is 15.5. The monoisotopic (exact) mass is 320 g/mol. The Morgan fingerprint density at radius 1 is 1.41 bits per heavy atom. The summed E-state index contributed by atoms with van der Waals surface area (Å²) in [5.41, 5.74) is 1.57. The van der Waals surface area contributed by atoms with E-state index in [0.29, 0.717) is 0 Å². The van der Waals surface area contributed by atoms with Crippen LogP contribution in [0.1, 0.15) is 38.8 Å². The lowest BCUT2D eigenvalue weighted by Crippen LogP contribution is -2.41. The van der Waals surface area contributed by atoms with E-state index in [9.17, 15) is 9.35 Å². The molecule has 0 aliphatic heterocycles. The Morgan fingerprint density at radius 2 is 2.09 bits per heavy atom. The molecule has 0 radical (unpaired) electrons. The summed E-state index contributed by atoms with van der Waals surface area (Å²) in [5, 5.41) is 10.0. The van der Waals surface area contributed by atoms with Crippen LogP contribution < -0.4 is 4.72 Å². The van der Waals surface area contributed by atoms with Gasteiger partial charge in [-0.3, -0.25) is 9.78 Å². The number of hydrogen-bond donors (Lipinski definition) is 2. The standard InChI is InChI=1S/C16H20N2O3S/c1-16(2,3)22(21)18-14(9-15(19)20)12-8-11-6-4-5-7-13(11)17-10-12/h4-8,10,14,18H,9H2,1-3H3,(H,19,20). The Balaban J connectivity index is 2.32. The number of benzene rings is 1. The topological polar surface area (TPSA) is 85.3 Å². The van der Waals surface area contributed by atoms with Gasteiger partial charge < -0.3 is 9.66 Å². The zero-order valence-corrected chi connectivity index (χ0v) is 13.7. The van der Waals surface area contributed by atoms with E-state index in [2.05, 4.69) is 9.71 Å². The minimum atomic E-state index is -1.36. The fraction of sp³-hybridized carbons (Fsp3) is 0.375. The molecular formula is C16H20N2O3S. The van der Waals surface area contributed by atoms with Crippen molar-refractivity contribution < 1.29 is 14.5 Å². The number of carboxylic acid groups (broad SMARTS) is 1. The van der Waals surface area contributed by atoms with Gasteiger partial charge in [-0.2, -0.15) is 0 Å². The van der Waals surface area contributed by atoms with E-state index >= 15 is 0 Å². The van der Waals surface area contributed by atoms with Crippen molar-refractivity contribution >= 4 is 28.2 Å². The Morgan fingerprint density at radius 3 is 2.73 bits per heavy atom. The van der Waals surface area contributed by atoms with Gasteiger partial charge in [0.2, 0.25) is 0 Å². The van der Waals surface area contributed by atoms with Crippen LogP contribution >= 0.6 is 0 Å². The van der Waals surface area contributed by atoms with E-state index in [1.165, 1.54) is 0 Å². The maximum absolute atomic E-state index is 12.3. The van der Waals surface area contributed by atoms with Crippen molar-refractivity contribution in [3.8, 4) is 0 Å². The molecule has 2 aromatic rings. The second-order valence-corrected chi connectivity index (χ2v) is 8.11. The normalized spacial score (nSPS) is 14.7. The highest BCUT2D eigenvalue weighted by Crippen LogP contribution is 2.24. The van der Waals surface area contributed by atoms with Crippen LogP contribution in [-0.4, -0.2) is 25.4 Å². The SMILES string of the molecule is CC(C)(C)[S+]([O-])NC(CC(=O)O)c1cnc2ccccc2c1. The minimum absolute atomic E-state index is 0.151. The predicted molar refractivity (Wildman–Crippen MR) is 87.8 cm³/mol. The van der Waals surface area contributed by atoms with Crippen LogP contribution in [0, 0.1) is 0 Å². The molecule has 6 heteroatoms. The summed E-state index contributed by atoms with van der Waals surface area (Å²) in [6.45, 7) is 5.52. The molecule has 2 atom stereocenters. The van der Waals surface area contributed by atoms with Crippen molar-refractivity contribution in [3.63, 3.8) is 0 Å². The molecule has 0 fully saturated rings. The number of carbonyl (C=O) groups is 1. The molecule has 5 nitrogen and oxygen atoms in total. The van der Waals surface area contributed by atoms with Crippen molar-refractivity contribution in [2.75, 3.05) is 0 Å². The molecule has 2 N–H and O–H groups in total. The molecule has 2 unspecified atom stereocenters. The first-order chi connectivity index (χ1) is 10.3. The van der Waals surface area contributed by atoms with Crippen molar-refractivity contribution in [3.05, 3.63) is 42.1 Å². The van der Waals surface area contributed by atoms with E-state index in [-0.39, 0.29) is 6.42 Å². The number of aromatic nitrogens is 1. The molecule has 0 aliphatic carbocycles. The number of fused-ring (bicyclic) bond motifs is 1. The quantitative estimate of drug-likeness (QED) is 0.827. The molecule has 0 bridgehead atoms. The van der Waals surface area contributed by atoms with Crippen LogP contribution in [0.25, 0.3) is 10.9 Å². The number of carboxylic acids is 1. The van der Waals surface area contributed by atoms with E-state index in [1.807, 2.05) is 51.1 Å². The molecule has 0 saturated carbocycles. The maximum atomic E-state index is 12.3. The van der Waals surface area contributed by atoms with Crippen LogP contribution in [0.4, 0.5) is 0 Å². The third-order valence-corrected chi connectivity index (χ3v) is 4.81. The Kier molecular flexibility index (Phi) is 5.05. The zero-order valence-electron chi connectivity index (χ0n) is 12.9. The molecule has 1 aromatic carbocycles. The number of nitrogens with zero attached hydrogens (tertiary/aromatic N) is 1. The van der Waals surface area contributed by atoms with E-state index in [1.54, 1.807) is 6.20 Å². The van der Waals surface area contributed by atoms with E-state index < -0.39 is 28.1 Å². The van der Waals surface area contributed by atoms with Crippen LogP contribution in [0.2, 0.25) is 0 Å². The molecular weight excluding hydrogens is 300 g/mol. The number of aliphatic carboxylic acids is 1. The second kappa shape index (κ2) is 6.64. The Labute approximate surface area is 133 Å². The van der Waals surface area contributed by atoms with Gasteiger partial charge in [-0.05, 0) is 38.5 Å². The lowest BCUT2D eigenvalue weighted by Gasteiger charge is -2.27. The highest BCUT2D eigenvalue weighted by Gasteiger charge is 2.31. The number of hydrogen-bond acceptors (Lipinski definition) is 4. The molecule has 0 aliphatic rings. The van der Waals surface area contributed by atoms with Gasteiger partial charge in [0.1, 0.15) is 4.75 Å². The van der Waals surface area contributed by atoms with Gasteiger partial charge >= 0.3 is 5.97 Å². The average Bonchev–Trinajstić information content (AvgIpc) is 2.44. The third-order valence-electron chi connectivity index (χ3n) is 3.20. The van der Waals surface area contributed by atoms with Crippen molar-refractivity contribution in [1.82, 2.24) is 9.71 Å². The maximum Gasteiger partial charge on any atom is 0.305 e. The predicted octanol–water partition coefficient (Wildman–Crippen LogP) is 2.80. The molecule has 0 spiro atoms. The molecule has 1 aromatic heterocycles. The first-order valence-electron chi connectivity index (χ1n) is 7.02. The summed E-state index contributed by atoms with van der Waals surface area (Å²) in [6.07, 6.45) is 1.49. The van der Waals surface area contributed by atoms with Crippen molar-refractivity contribution in [2.45, 2.75) is 38.0 Å². The lowest BCUT2D eigenvalue weighted by atomic mass is 10.0. The van der Waals surface area contributed by atoms with E-state index in [4.69, 9.17) is 5.11 Å². The first kappa shape index (κ1) is 16.7. The van der Waals surface area contributed by atoms with Gasteiger partial charge in [0, 0.05) is 22.9 Å². The summed E-state index contributed by atoms with van der Waals surface area (Å²) in [6, 6.07) is 8.96. The molecule has 22 heavy (non-hydrogen) atoms. The summed E-state index contributed by atoms with van der Waals surface area (Å²) in [5.74, 6) is -0.948. The van der Waals surface area contributed by atoms with Gasteiger partial charge in [0.15, 0.2) is 0 Å². The number of rotatable bonds is 5. The fourth-order valence-electron chi connectivity index (χ4n) is 1.99. The average molecular weight is 320 g/mol. The molecule has 1 heterocycles. The summed E-state index contributed by atoms with van der Waals surface area (Å²) < 4.78 is 14.7. The van der Waals surface area contributed by atoms with Crippen LogP contribution in [-0.2, 0) is 16.2 Å². The smallest absolute Gasteiger partial charge is 0.305 e. The van der Waals surface area contributed by atoms with Crippen LogP contribution in [0.15, 0.2) is 36.5 Å². The van der Waals surface area contributed by atoms with Crippen LogP contribution in [0.5, 0.6) is 0 Å². The highest BCUT2D eigenvalue weighted by atomic mass is 32.2. The molecule has 118 valence electrons. The zero-order chi connectivity index (χ0) is 16.3. The third kappa shape index (κ3) is 4.19. The Hall–Kier alpha value is -1.63. The molecule has 0 saturated heterocycles. The van der Waals surface area contributed by atoms with Crippen molar-refractivity contribution in [2.24, 2.45) is 0 Å². The van der Waals surface area contributed by atoms with Crippen molar-refractivity contribution in [1.29, 1.82) is 0 Å². The summed E-state index contributed by atoms with van der Waals surface area (Å²) in [7, 11) is 0. The van der Waals surface area contributed by atoms with Gasteiger partial charge in [-0.25, -0.2) is 0 Å². The van der Waals surface area contributed by atoms with Crippen LogP contribution in [0.3, 0.4) is 0 Å². The largest absolute Gasteiger partial charge is 0.598 e. The highest BCUT2D eigenvalue weighted by molar-refractivity contribution is 7.90. The van der Waals surface area contributed by atoms with Gasteiger partial charge in [-0.15, -0.1) is 4.72 Å². The number of pyridine rings is 1. The fourth-order valence-corrected chi connectivity index (χ4v) is 2.82. The molecule has 0 amide bonds. The second-order valence-electron chi connectivity index (χ2n) is 6.11. The summed E-state index contributed by atoms with van der Waals surface area (Å²) >= 11 is -1.36. The van der Waals surface area contributed by atoms with Gasteiger partial charge in [0.05, 0.1) is 18.0 Å². The van der Waals surface area contributed by atoms with Gasteiger partial charge in [-0.1, -0.05) is 18.2 Å². The number of para-hydroxylation sites is 1. The molecule has 2 rings (SSSR count). The minimum Gasteiger partial charge on any atom is -0.598 e. The van der Waals surface area contributed by atoms with Gasteiger partial charge in [0.25, 0.3) is 0 Å². The van der Waals surface area contributed by atoms with E-state index in [0.717, 1.165) is 16.5 Å². The number of nitrogens with one attached hydrogen (secondary N) is 1.